The molecule has 1 atom stereocenters. The lowest BCUT2D eigenvalue weighted by atomic mass is 10.0. The Labute approximate surface area is 134 Å². The molecular weight excluding hydrogens is 276 g/mol. The molecule has 1 aromatic rings. The summed E-state index contributed by atoms with van der Waals surface area (Å²) in [6.07, 6.45) is 2.48. The van der Waals surface area contributed by atoms with Crippen LogP contribution in [-0.2, 0) is 13.0 Å². The molecular formula is C18H30N2S. The van der Waals surface area contributed by atoms with Crippen molar-refractivity contribution in [2.45, 2.75) is 39.3 Å². The van der Waals surface area contributed by atoms with Crippen molar-refractivity contribution in [1.82, 2.24) is 10.2 Å². The number of nitrogens with one attached hydrogen (secondary N) is 1. The topological polar surface area (TPSA) is 15.3 Å². The van der Waals surface area contributed by atoms with E-state index in [0.29, 0.717) is 0 Å². The Balaban J connectivity index is 1.86. The highest BCUT2D eigenvalue weighted by molar-refractivity contribution is 7.99. The van der Waals surface area contributed by atoms with Crippen molar-refractivity contribution >= 4 is 11.8 Å². The highest BCUT2D eigenvalue weighted by Crippen LogP contribution is 2.23. The Bertz CT molecular complexity index is 413. The zero-order valence-electron chi connectivity index (χ0n) is 13.8. The molecule has 0 saturated carbocycles. The van der Waals surface area contributed by atoms with Crippen LogP contribution >= 0.6 is 11.8 Å². The van der Waals surface area contributed by atoms with Crippen molar-refractivity contribution in [1.29, 1.82) is 0 Å². The molecule has 118 valence electrons. The predicted molar refractivity (Wildman–Crippen MR) is 95.1 cm³/mol. The van der Waals surface area contributed by atoms with E-state index >= 15 is 0 Å². The first-order valence-corrected chi connectivity index (χ1v) is 9.37. The van der Waals surface area contributed by atoms with Gasteiger partial charge < -0.3 is 5.32 Å². The average Bonchev–Trinajstić information content (AvgIpc) is 2.99. The van der Waals surface area contributed by atoms with Crippen molar-refractivity contribution < 1.29 is 0 Å². The van der Waals surface area contributed by atoms with Crippen molar-refractivity contribution in [3.8, 4) is 0 Å². The van der Waals surface area contributed by atoms with Gasteiger partial charge in [-0.25, -0.2) is 0 Å². The fraction of sp³-hybridized carbons (Fsp3) is 0.667. The molecule has 0 amide bonds. The third-order valence-corrected chi connectivity index (χ3v) is 5.34. The molecule has 1 aliphatic heterocycles. The molecule has 1 aromatic carbocycles. The molecule has 2 nitrogen and oxygen atoms in total. The quantitative estimate of drug-likeness (QED) is 0.741. The van der Waals surface area contributed by atoms with Crippen LogP contribution in [0.2, 0.25) is 0 Å². The van der Waals surface area contributed by atoms with Gasteiger partial charge in [0.2, 0.25) is 0 Å². The van der Waals surface area contributed by atoms with E-state index in [-0.39, 0.29) is 0 Å². The Morgan fingerprint density at radius 1 is 1.29 bits per heavy atom. The van der Waals surface area contributed by atoms with Crippen molar-refractivity contribution in [3.63, 3.8) is 0 Å². The molecule has 0 bridgehead atoms. The predicted octanol–water partition coefficient (Wildman–Crippen LogP) is 3.41. The number of thioether (sulfide) groups is 1. The van der Waals surface area contributed by atoms with Crippen molar-refractivity contribution in [3.05, 3.63) is 35.4 Å². The minimum atomic E-state index is 0.728. The van der Waals surface area contributed by atoms with Gasteiger partial charge in [0.15, 0.2) is 0 Å². The minimum absolute atomic E-state index is 0.728. The van der Waals surface area contributed by atoms with Crippen LogP contribution < -0.4 is 5.32 Å². The van der Waals surface area contributed by atoms with Gasteiger partial charge >= 0.3 is 0 Å². The number of rotatable bonds is 8. The van der Waals surface area contributed by atoms with Gasteiger partial charge in [-0.15, -0.1) is 0 Å². The molecule has 1 N–H and O–H groups in total. The van der Waals surface area contributed by atoms with Crippen LogP contribution in [0.5, 0.6) is 0 Å². The summed E-state index contributed by atoms with van der Waals surface area (Å²) in [6.45, 7) is 7.80. The fourth-order valence-electron chi connectivity index (χ4n) is 2.84. The third-order valence-electron chi connectivity index (χ3n) is 4.19. The highest BCUT2D eigenvalue weighted by Gasteiger charge is 2.20. The maximum atomic E-state index is 3.55. The fourth-order valence-corrected chi connectivity index (χ4v) is 4.14. The lowest BCUT2D eigenvalue weighted by molar-refractivity contribution is 0.253. The maximum Gasteiger partial charge on any atom is 0.0236 e. The molecule has 0 aliphatic carbocycles. The van der Waals surface area contributed by atoms with Gasteiger partial charge in [0.05, 0.1) is 0 Å². The first-order chi connectivity index (χ1) is 10.2. The zero-order chi connectivity index (χ0) is 15.1. The van der Waals surface area contributed by atoms with Gasteiger partial charge in [-0.2, -0.15) is 11.8 Å². The molecule has 1 fully saturated rings. The van der Waals surface area contributed by atoms with Gasteiger partial charge in [-0.1, -0.05) is 38.1 Å². The van der Waals surface area contributed by atoms with E-state index in [0.717, 1.165) is 38.0 Å². The lowest BCUT2D eigenvalue weighted by Gasteiger charge is -2.24. The summed E-state index contributed by atoms with van der Waals surface area (Å²) in [5.41, 5.74) is 3.01. The summed E-state index contributed by atoms with van der Waals surface area (Å²) in [5, 5.41) is 3.55. The van der Waals surface area contributed by atoms with Gasteiger partial charge in [0.1, 0.15) is 0 Å². The van der Waals surface area contributed by atoms with E-state index in [9.17, 15) is 0 Å². The second-order valence-corrected chi connectivity index (χ2v) is 7.70. The summed E-state index contributed by atoms with van der Waals surface area (Å²) < 4.78 is 0. The van der Waals surface area contributed by atoms with E-state index in [1.54, 1.807) is 0 Å². The van der Waals surface area contributed by atoms with E-state index in [1.807, 2.05) is 0 Å². The molecule has 2 rings (SSSR count). The Hall–Kier alpha value is -0.510. The first kappa shape index (κ1) is 16.9. The number of hydrogen-bond acceptors (Lipinski definition) is 3. The third kappa shape index (κ3) is 5.65. The molecule has 1 heterocycles. The summed E-state index contributed by atoms with van der Waals surface area (Å²) in [7, 11) is 2.28. The number of benzene rings is 1. The van der Waals surface area contributed by atoms with Crippen LogP contribution in [-0.4, -0.2) is 42.6 Å². The molecule has 0 aromatic heterocycles. The van der Waals surface area contributed by atoms with Crippen LogP contribution in [0.1, 0.15) is 31.4 Å². The van der Waals surface area contributed by atoms with Gasteiger partial charge in [0, 0.05) is 18.3 Å². The largest absolute Gasteiger partial charge is 0.316 e. The average molecular weight is 307 g/mol. The SMILES string of the molecule is CC(C)CNCCc1ccccc1CN(C)C1CCSC1. The van der Waals surface area contributed by atoms with E-state index in [4.69, 9.17) is 0 Å². The van der Waals surface area contributed by atoms with Crippen molar-refractivity contribution in [2.24, 2.45) is 5.92 Å². The van der Waals surface area contributed by atoms with Gasteiger partial charge in [-0.05, 0) is 55.8 Å². The smallest absolute Gasteiger partial charge is 0.0236 e. The van der Waals surface area contributed by atoms with Crippen LogP contribution in [0.3, 0.4) is 0 Å². The Morgan fingerprint density at radius 2 is 2.05 bits per heavy atom. The van der Waals surface area contributed by atoms with Crippen LogP contribution in [0.4, 0.5) is 0 Å². The number of nitrogens with zero attached hydrogens (tertiary/aromatic N) is 1. The second kappa shape index (κ2) is 8.82. The summed E-state index contributed by atoms with van der Waals surface area (Å²) in [4.78, 5) is 2.54. The summed E-state index contributed by atoms with van der Waals surface area (Å²) >= 11 is 2.09. The normalized spacial score (nSPS) is 18.8. The number of hydrogen-bond donors (Lipinski definition) is 1. The standard InChI is InChI=1S/C18H30N2S/c1-15(2)12-19-10-8-16-6-4-5-7-17(16)13-20(3)18-9-11-21-14-18/h4-7,15,18-19H,8-14H2,1-3H3. The van der Waals surface area contributed by atoms with Crippen LogP contribution in [0.25, 0.3) is 0 Å². The Kier molecular flexibility index (Phi) is 7.08. The molecule has 0 spiro atoms. The summed E-state index contributed by atoms with van der Waals surface area (Å²) in [6, 6.07) is 9.71. The second-order valence-electron chi connectivity index (χ2n) is 6.55. The molecule has 3 heteroatoms. The lowest BCUT2D eigenvalue weighted by Crippen LogP contribution is -2.31. The highest BCUT2D eigenvalue weighted by atomic mass is 32.2. The first-order valence-electron chi connectivity index (χ1n) is 8.22. The monoisotopic (exact) mass is 306 g/mol. The van der Waals surface area contributed by atoms with Crippen LogP contribution in [0.15, 0.2) is 24.3 Å². The van der Waals surface area contributed by atoms with E-state index in [1.165, 1.54) is 29.1 Å². The molecule has 1 aliphatic rings. The zero-order valence-corrected chi connectivity index (χ0v) is 14.6. The van der Waals surface area contributed by atoms with Crippen LogP contribution in [0, 0.1) is 5.92 Å². The van der Waals surface area contributed by atoms with E-state index < -0.39 is 0 Å². The molecule has 21 heavy (non-hydrogen) atoms. The molecule has 1 saturated heterocycles. The van der Waals surface area contributed by atoms with E-state index in [2.05, 4.69) is 67.1 Å². The maximum absolute atomic E-state index is 3.55. The molecule has 0 radical (unpaired) electrons. The van der Waals surface area contributed by atoms with Gasteiger partial charge in [0.25, 0.3) is 0 Å². The van der Waals surface area contributed by atoms with Gasteiger partial charge in [-0.3, -0.25) is 4.90 Å². The van der Waals surface area contributed by atoms with Crippen molar-refractivity contribution in [2.75, 3.05) is 31.6 Å². The minimum Gasteiger partial charge on any atom is -0.316 e. The molecule has 1 unspecified atom stereocenters. The Morgan fingerprint density at radius 3 is 2.71 bits per heavy atom. The summed E-state index contributed by atoms with van der Waals surface area (Å²) in [5.74, 6) is 3.36.